The number of hydrogen-bond donors (Lipinski definition) is 1. The van der Waals surface area contributed by atoms with E-state index in [2.05, 4.69) is 37.7 Å². The molecule has 2 atom stereocenters. The summed E-state index contributed by atoms with van der Waals surface area (Å²) in [4.78, 5) is 4.99. The lowest BCUT2D eigenvalue weighted by atomic mass is 9.85. The molecule has 3 nitrogen and oxygen atoms in total. The summed E-state index contributed by atoms with van der Waals surface area (Å²) in [5, 5.41) is 0. The molecule has 0 radical (unpaired) electrons. The third-order valence-corrected chi connectivity index (χ3v) is 5.39. The topological polar surface area (TPSA) is 32.5 Å². The Morgan fingerprint density at radius 1 is 1.16 bits per heavy atom. The van der Waals surface area contributed by atoms with Crippen LogP contribution in [0.3, 0.4) is 0 Å². The predicted molar refractivity (Wildman–Crippen MR) is 82.2 cm³/mol. The van der Waals surface area contributed by atoms with Crippen LogP contribution in [0.25, 0.3) is 0 Å². The Balaban J connectivity index is 1.74. The summed E-state index contributed by atoms with van der Waals surface area (Å²) < 4.78 is 0. The minimum Gasteiger partial charge on any atom is -0.327 e. The van der Waals surface area contributed by atoms with Crippen molar-refractivity contribution >= 4 is 0 Å². The molecule has 1 saturated carbocycles. The molecule has 1 saturated heterocycles. The van der Waals surface area contributed by atoms with E-state index >= 15 is 0 Å². The van der Waals surface area contributed by atoms with E-state index in [1.54, 1.807) is 0 Å². The monoisotopic (exact) mass is 267 g/mol. The van der Waals surface area contributed by atoms with E-state index in [9.17, 15) is 0 Å². The van der Waals surface area contributed by atoms with Crippen molar-refractivity contribution in [1.82, 2.24) is 9.80 Å². The van der Waals surface area contributed by atoms with Crippen molar-refractivity contribution in [3.63, 3.8) is 0 Å². The van der Waals surface area contributed by atoms with Gasteiger partial charge in [0.2, 0.25) is 0 Å². The van der Waals surface area contributed by atoms with Gasteiger partial charge in [-0.25, -0.2) is 0 Å². The maximum atomic E-state index is 6.43. The fourth-order valence-corrected chi connectivity index (χ4v) is 3.95. The second kappa shape index (κ2) is 6.11. The van der Waals surface area contributed by atoms with Crippen molar-refractivity contribution in [3.05, 3.63) is 0 Å². The summed E-state index contributed by atoms with van der Waals surface area (Å²) in [6, 6.07) is 0.395. The van der Waals surface area contributed by atoms with Gasteiger partial charge in [-0.3, -0.25) is 0 Å². The number of hydrogen-bond acceptors (Lipinski definition) is 3. The highest BCUT2D eigenvalue weighted by molar-refractivity contribution is 4.95. The lowest BCUT2D eigenvalue weighted by Crippen LogP contribution is -2.45. The van der Waals surface area contributed by atoms with Crippen LogP contribution < -0.4 is 5.73 Å². The fourth-order valence-electron chi connectivity index (χ4n) is 3.95. The first-order valence-corrected chi connectivity index (χ1v) is 8.01. The molecule has 0 bridgehead atoms. The van der Waals surface area contributed by atoms with Crippen LogP contribution in [0.2, 0.25) is 0 Å². The van der Waals surface area contributed by atoms with E-state index in [0.29, 0.717) is 11.5 Å². The first-order chi connectivity index (χ1) is 8.88. The zero-order chi connectivity index (χ0) is 14.0. The minimum atomic E-state index is 0.355. The van der Waals surface area contributed by atoms with Gasteiger partial charge in [-0.2, -0.15) is 0 Å². The van der Waals surface area contributed by atoms with Gasteiger partial charge in [0.25, 0.3) is 0 Å². The first kappa shape index (κ1) is 15.3. The summed E-state index contributed by atoms with van der Waals surface area (Å²) >= 11 is 0. The van der Waals surface area contributed by atoms with Gasteiger partial charge in [0.15, 0.2) is 0 Å². The normalized spacial score (nSPS) is 33.2. The van der Waals surface area contributed by atoms with Gasteiger partial charge < -0.3 is 15.5 Å². The van der Waals surface area contributed by atoms with Crippen molar-refractivity contribution in [3.8, 4) is 0 Å². The van der Waals surface area contributed by atoms with Gasteiger partial charge in [-0.15, -0.1) is 0 Å². The zero-order valence-electron chi connectivity index (χ0n) is 13.4. The third-order valence-electron chi connectivity index (χ3n) is 5.39. The summed E-state index contributed by atoms with van der Waals surface area (Å²) in [6.45, 7) is 9.72. The highest BCUT2D eigenvalue weighted by atomic mass is 15.1. The molecule has 2 rings (SSSR count). The Morgan fingerprint density at radius 3 is 2.26 bits per heavy atom. The van der Waals surface area contributed by atoms with Gasteiger partial charge >= 0.3 is 0 Å². The number of piperidine rings is 1. The van der Waals surface area contributed by atoms with E-state index in [1.165, 1.54) is 51.9 Å². The maximum absolute atomic E-state index is 6.43. The van der Waals surface area contributed by atoms with Crippen molar-refractivity contribution in [2.24, 2.45) is 23.0 Å². The molecule has 1 heterocycles. The van der Waals surface area contributed by atoms with Crippen LogP contribution in [0.4, 0.5) is 0 Å². The molecule has 1 aliphatic heterocycles. The summed E-state index contributed by atoms with van der Waals surface area (Å²) in [5.41, 5.74) is 6.79. The lowest BCUT2D eigenvalue weighted by Gasteiger charge is -2.36. The molecule has 2 fully saturated rings. The molecule has 2 unspecified atom stereocenters. The highest BCUT2D eigenvalue weighted by Crippen LogP contribution is 2.40. The van der Waals surface area contributed by atoms with Gasteiger partial charge in [0.1, 0.15) is 0 Å². The SMILES string of the molecule is CN(C)CC1CCN(CC2CCC(C)(C)C2N)CC1. The van der Waals surface area contributed by atoms with Gasteiger partial charge in [0, 0.05) is 19.1 Å². The van der Waals surface area contributed by atoms with Crippen LogP contribution in [-0.4, -0.2) is 56.1 Å². The van der Waals surface area contributed by atoms with Crippen molar-refractivity contribution in [1.29, 1.82) is 0 Å². The molecule has 112 valence electrons. The van der Waals surface area contributed by atoms with E-state index in [-0.39, 0.29) is 0 Å². The van der Waals surface area contributed by atoms with Gasteiger partial charge in [-0.05, 0) is 70.1 Å². The third kappa shape index (κ3) is 3.93. The molecule has 0 spiro atoms. The molecule has 0 aromatic carbocycles. The van der Waals surface area contributed by atoms with Crippen molar-refractivity contribution in [2.45, 2.75) is 45.6 Å². The molecular formula is C16H33N3. The molecule has 3 heteroatoms. The van der Waals surface area contributed by atoms with Gasteiger partial charge in [0.05, 0.1) is 0 Å². The molecule has 2 aliphatic rings. The minimum absolute atomic E-state index is 0.355. The largest absolute Gasteiger partial charge is 0.327 e. The molecule has 0 aromatic heterocycles. The van der Waals surface area contributed by atoms with Crippen LogP contribution in [0.1, 0.15) is 39.5 Å². The second-order valence-corrected chi connectivity index (χ2v) is 7.82. The summed E-state index contributed by atoms with van der Waals surface area (Å²) in [7, 11) is 4.37. The number of nitrogens with zero attached hydrogens (tertiary/aromatic N) is 2. The smallest absolute Gasteiger partial charge is 0.0131 e. The lowest BCUT2D eigenvalue weighted by molar-refractivity contribution is 0.136. The number of likely N-dealkylation sites (tertiary alicyclic amines) is 1. The van der Waals surface area contributed by atoms with Crippen LogP contribution in [0.5, 0.6) is 0 Å². The average molecular weight is 267 g/mol. The molecular weight excluding hydrogens is 234 g/mol. The van der Waals surface area contributed by atoms with Gasteiger partial charge in [-0.1, -0.05) is 13.8 Å². The van der Waals surface area contributed by atoms with E-state index < -0.39 is 0 Å². The molecule has 1 aliphatic carbocycles. The second-order valence-electron chi connectivity index (χ2n) is 7.82. The van der Waals surface area contributed by atoms with Crippen molar-refractivity contribution in [2.75, 3.05) is 40.3 Å². The van der Waals surface area contributed by atoms with Crippen LogP contribution in [0.15, 0.2) is 0 Å². The van der Waals surface area contributed by atoms with E-state index in [4.69, 9.17) is 5.73 Å². The Hall–Kier alpha value is -0.120. The zero-order valence-corrected chi connectivity index (χ0v) is 13.4. The Labute approximate surface area is 119 Å². The van der Waals surface area contributed by atoms with E-state index in [1.807, 2.05) is 0 Å². The maximum Gasteiger partial charge on any atom is 0.0131 e. The standard InChI is InChI=1S/C16H33N3/c1-16(2)8-5-14(15(16)17)12-19-9-6-13(7-10-19)11-18(3)4/h13-15H,5-12,17H2,1-4H3. The predicted octanol–water partition coefficient (Wildman–Crippen LogP) is 2.02. The van der Waals surface area contributed by atoms with Crippen LogP contribution in [-0.2, 0) is 0 Å². The van der Waals surface area contributed by atoms with E-state index in [0.717, 1.165) is 11.8 Å². The summed E-state index contributed by atoms with van der Waals surface area (Å²) in [5.74, 6) is 1.63. The summed E-state index contributed by atoms with van der Waals surface area (Å²) in [6.07, 6.45) is 5.36. The quantitative estimate of drug-likeness (QED) is 0.846. The van der Waals surface area contributed by atoms with Crippen LogP contribution in [0, 0.1) is 17.3 Å². The Bertz CT molecular complexity index is 280. The molecule has 0 amide bonds. The average Bonchev–Trinajstić information content (AvgIpc) is 2.58. The van der Waals surface area contributed by atoms with Crippen molar-refractivity contribution < 1.29 is 0 Å². The number of rotatable bonds is 4. The highest BCUT2D eigenvalue weighted by Gasteiger charge is 2.40. The molecule has 0 aromatic rings. The first-order valence-electron chi connectivity index (χ1n) is 8.01. The molecule has 19 heavy (non-hydrogen) atoms. The number of nitrogens with two attached hydrogens (primary N) is 1. The Morgan fingerprint density at radius 2 is 1.79 bits per heavy atom. The molecule has 2 N–H and O–H groups in total. The Kier molecular flexibility index (Phi) is 4.91. The fraction of sp³-hybridized carbons (Fsp3) is 1.00. The van der Waals surface area contributed by atoms with Crippen LogP contribution >= 0.6 is 0 Å².